The number of fused-ring (bicyclic) bond motifs is 4. The molecule has 4 heterocycles. The number of benzene rings is 8. The normalized spacial score (nSPS) is 24.0. The van der Waals surface area contributed by atoms with E-state index in [1.54, 1.807) is 0 Å². The smallest absolute Gasteiger partial charge is 0.157 e. The third-order valence-electron chi connectivity index (χ3n) is 16.0. The van der Waals surface area contributed by atoms with Gasteiger partial charge in [0.2, 0.25) is 0 Å². The lowest BCUT2D eigenvalue weighted by Crippen LogP contribution is -2.39. The van der Waals surface area contributed by atoms with Gasteiger partial charge in [-0.3, -0.25) is 0 Å². The van der Waals surface area contributed by atoms with Crippen LogP contribution in [0.3, 0.4) is 0 Å². The molecule has 12 rings (SSSR count). The number of ether oxygens (including phenoxy) is 4. The molecule has 11 atom stereocenters. The summed E-state index contributed by atoms with van der Waals surface area (Å²) in [5.41, 5.74) is -3.30. The van der Waals surface area contributed by atoms with E-state index in [4.69, 9.17) is 18.9 Å². The van der Waals surface area contributed by atoms with Crippen molar-refractivity contribution >= 4 is 0 Å². The first kappa shape index (κ1) is 54.2. The summed E-state index contributed by atoms with van der Waals surface area (Å²) in [6, 6.07) is 17.9. The number of aromatic hydroxyl groups is 16. The highest BCUT2D eigenvalue weighted by atomic mass is 16.5. The van der Waals surface area contributed by atoms with Gasteiger partial charge >= 0.3 is 0 Å². The summed E-state index contributed by atoms with van der Waals surface area (Å²) in [5, 5.41) is 229. The molecule has 8 aromatic carbocycles. The minimum Gasteiger partial charge on any atom is -0.508 e. The molecule has 4 aliphatic heterocycles. The molecular formula is C60H50O24. The number of aliphatic hydroxyl groups excluding tert-OH is 4. The fourth-order valence-electron chi connectivity index (χ4n) is 12.2. The molecule has 0 aliphatic carbocycles. The van der Waals surface area contributed by atoms with Gasteiger partial charge in [-0.2, -0.15) is 0 Å². The zero-order valence-electron chi connectivity index (χ0n) is 43.0. The lowest BCUT2D eigenvalue weighted by Gasteiger charge is -2.43. The minimum atomic E-state index is -2.15. The molecule has 434 valence electrons. The van der Waals surface area contributed by atoms with Crippen molar-refractivity contribution in [2.75, 3.05) is 0 Å². The molecule has 0 amide bonds. The molecule has 0 spiro atoms. The number of aliphatic hydroxyl groups is 4. The van der Waals surface area contributed by atoms with Crippen LogP contribution in [0, 0.1) is 0 Å². The molecule has 0 aromatic heterocycles. The van der Waals surface area contributed by atoms with Crippen LogP contribution in [0.4, 0.5) is 0 Å². The van der Waals surface area contributed by atoms with Crippen LogP contribution in [-0.4, -0.2) is 127 Å². The van der Waals surface area contributed by atoms with E-state index in [9.17, 15) is 102 Å². The Bertz CT molecular complexity index is 4030. The molecule has 4 aliphatic rings. The maximum absolute atomic E-state index is 13.1. The van der Waals surface area contributed by atoms with E-state index >= 15 is 0 Å². The van der Waals surface area contributed by atoms with Crippen LogP contribution in [0.1, 0.15) is 103 Å². The first-order valence-electron chi connectivity index (χ1n) is 25.7. The average Bonchev–Trinajstić information content (AvgIpc) is 1.08. The Balaban J connectivity index is 1.13. The molecule has 24 nitrogen and oxygen atoms in total. The highest BCUT2D eigenvalue weighted by Crippen LogP contribution is 2.64. The van der Waals surface area contributed by atoms with Gasteiger partial charge in [0.1, 0.15) is 93.4 Å². The molecule has 11 unspecified atom stereocenters. The van der Waals surface area contributed by atoms with Gasteiger partial charge in [-0.05, 0) is 70.8 Å². The average molecular weight is 1160 g/mol. The highest BCUT2D eigenvalue weighted by Gasteiger charge is 2.53. The molecule has 0 fully saturated rings. The Kier molecular flexibility index (Phi) is 12.7. The molecule has 0 saturated heterocycles. The first-order valence-corrected chi connectivity index (χ1v) is 25.7. The SMILES string of the molecule is Oc1cc(O)c2c(c1)OC(c1ccc(O)c(O)c1)C(O)C2c1c(O)cc2c(c1O)C(c1c(O)cc(O)c3c1OC(c1ccc(O)c(O)c1)C(O)C3c1c(O)cc(O)c3c1OC(c1ccc(O)c(O)c1)C(O)C3)C(O)C(c1ccc(O)c(O)c1)O2. The van der Waals surface area contributed by atoms with Gasteiger partial charge < -0.3 is 121 Å². The second-order valence-corrected chi connectivity index (χ2v) is 21.0. The lowest BCUT2D eigenvalue weighted by atomic mass is 9.72. The Morgan fingerprint density at radius 2 is 0.643 bits per heavy atom. The zero-order chi connectivity index (χ0) is 59.8. The van der Waals surface area contributed by atoms with E-state index in [0.717, 1.165) is 78.9 Å². The monoisotopic (exact) mass is 1150 g/mol. The summed E-state index contributed by atoms with van der Waals surface area (Å²) in [6.45, 7) is 0. The number of hydrogen-bond donors (Lipinski definition) is 20. The number of phenolic OH excluding ortho intramolecular Hbond substituents is 16. The topological polar surface area (TPSA) is 442 Å². The van der Waals surface area contributed by atoms with Crippen molar-refractivity contribution in [1.82, 2.24) is 0 Å². The Morgan fingerprint density at radius 3 is 1.11 bits per heavy atom. The van der Waals surface area contributed by atoms with E-state index < -0.39 is 210 Å². The summed E-state index contributed by atoms with van der Waals surface area (Å²) in [4.78, 5) is 0. The van der Waals surface area contributed by atoms with Gasteiger partial charge in [0.15, 0.2) is 64.3 Å². The van der Waals surface area contributed by atoms with Crippen molar-refractivity contribution < 1.29 is 121 Å². The summed E-state index contributed by atoms with van der Waals surface area (Å²) in [6.07, 6.45) is -14.7. The molecular weight excluding hydrogens is 1100 g/mol. The molecule has 0 radical (unpaired) electrons. The van der Waals surface area contributed by atoms with Crippen LogP contribution >= 0.6 is 0 Å². The molecule has 8 aromatic rings. The predicted octanol–water partition coefficient (Wildman–Crippen LogP) is 5.89. The standard InChI is InChI=1S/C60H50O24/c61-23-13-34(71)42-40(14-23)81-56(20-2-6-26(63)31(68)10-20)52(78)48(42)43-38(75)18-41-47(51(43)77)50(54(80)57(82-41)21-3-7-27(64)32(69)11-21)46-37(74)17-36(73)45-49(53(79)58(84-60(45)46)22-4-8-28(65)33(70)12-22)44-35(72)16-29(66)24-15-39(76)55(83-59(24)44)19-1-5-25(62)30(67)9-19/h1-14,16-18,39,48-50,52-58,61-80H,15H2. The summed E-state index contributed by atoms with van der Waals surface area (Å²) >= 11 is 0. The second-order valence-electron chi connectivity index (χ2n) is 21.0. The van der Waals surface area contributed by atoms with Crippen molar-refractivity contribution in [3.05, 3.63) is 164 Å². The molecule has 20 N–H and O–H groups in total. The van der Waals surface area contributed by atoms with Crippen LogP contribution in [0.15, 0.2) is 103 Å². The Hall–Kier alpha value is -10.4. The molecule has 84 heavy (non-hydrogen) atoms. The van der Waals surface area contributed by atoms with Crippen LogP contribution in [-0.2, 0) is 6.42 Å². The van der Waals surface area contributed by atoms with Crippen molar-refractivity contribution in [2.24, 2.45) is 0 Å². The van der Waals surface area contributed by atoms with E-state index in [-0.39, 0.29) is 39.1 Å². The van der Waals surface area contributed by atoms with Gasteiger partial charge in [0.25, 0.3) is 0 Å². The first-order chi connectivity index (χ1) is 39.9. The zero-order valence-corrected chi connectivity index (χ0v) is 43.0. The van der Waals surface area contributed by atoms with E-state index in [2.05, 4.69) is 0 Å². The maximum Gasteiger partial charge on any atom is 0.157 e. The van der Waals surface area contributed by atoms with Gasteiger partial charge in [0.05, 0.1) is 23.9 Å². The molecule has 24 heteroatoms. The fraction of sp³-hybridized carbons (Fsp3) is 0.200. The summed E-state index contributed by atoms with van der Waals surface area (Å²) in [5.74, 6) is -19.0. The van der Waals surface area contributed by atoms with Crippen molar-refractivity contribution in [2.45, 2.75) is 73.0 Å². The number of hydrogen-bond acceptors (Lipinski definition) is 24. The minimum absolute atomic E-state index is 0.00596. The lowest BCUT2D eigenvalue weighted by molar-refractivity contribution is -0.00597. The van der Waals surface area contributed by atoms with Crippen LogP contribution < -0.4 is 18.9 Å². The summed E-state index contributed by atoms with van der Waals surface area (Å²) < 4.78 is 25.5. The van der Waals surface area contributed by atoms with E-state index in [0.29, 0.717) is 0 Å². The highest BCUT2D eigenvalue weighted by molar-refractivity contribution is 5.73. The molecule has 0 saturated carbocycles. The van der Waals surface area contributed by atoms with Crippen molar-refractivity contribution in [3.8, 4) is 115 Å². The number of phenols is 16. The third kappa shape index (κ3) is 8.44. The third-order valence-corrected chi connectivity index (χ3v) is 16.0. The van der Waals surface area contributed by atoms with Gasteiger partial charge in [-0.15, -0.1) is 0 Å². The van der Waals surface area contributed by atoms with Crippen molar-refractivity contribution in [3.63, 3.8) is 0 Å². The van der Waals surface area contributed by atoms with Crippen LogP contribution in [0.25, 0.3) is 0 Å². The largest absolute Gasteiger partial charge is 0.508 e. The van der Waals surface area contributed by atoms with E-state index in [1.807, 2.05) is 0 Å². The van der Waals surface area contributed by atoms with E-state index in [1.165, 1.54) is 24.3 Å². The van der Waals surface area contributed by atoms with Crippen LogP contribution in [0.2, 0.25) is 0 Å². The van der Waals surface area contributed by atoms with Gasteiger partial charge in [0, 0.05) is 75.7 Å². The Morgan fingerprint density at radius 1 is 0.286 bits per heavy atom. The summed E-state index contributed by atoms with van der Waals surface area (Å²) in [7, 11) is 0. The predicted molar refractivity (Wildman–Crippen MR) is 285 cm³/mol. The van der Waals surface area contributed by atoms with Crippen LogP contribution in [0.5, 0.6) is 115 Å². The quantitative estimate of drug-likeness (QED) is 0.0827. The molecule has 0 bridgehead atoms. The number of rotatable bonds is 7. The maximum atomic E-state index is 13.1. The Labute approximate surface area is 472 Å². The van der Waals surface area contributed by atoms with Gasteiger partial charge in [-0.25, -0.2) is 0 Å². The van der Waals surface area contributed by atoms with Gasteiger partial charge in [-0.1, -0.05) is 24.3 Å². The van der Waals surface area contributed by atoms with Crippen molar-refractivity contribution in [1.29, 1.82) is 0 Å². The fourth-order valence-corrected chi connectivity index (χ4v) is 12.2. The second kappa shape index (κ2) is 19.7.